The van der Waals surface area contributed by atoms with E-state index in [2.05, 4.69) is 23.3 Å². The fourth-order valence-corrected chi connectivity index (χ4v) is 1.96. The van der Waals surface area contributed by atoms with Gasteiger partial charge in [0.15, 0.2) is 0 Å². The minimum Gasteiger partial charge on any atom is -0.508 e. The van der Waals surface area contributed by atoms with Crippen LogP contribution in [-0.2, 0) is 20.8 Å². The number of amides is 2. The van der Waals surface area contributed by atoms with E-state index in [1.807, 2.05) is 0 Å². The first kappa shape index (κ1) is 18.8. The predicted octanol–water partition coefficient (Wildman–Crippen LogP) is -1.12. The number of carboxylic acids is 1. The van der Waals surface area contributed by atoms with Crippen LogP contribution in [0, 0.1) is 0 Å². The first-order valence-electron chi connectivity index (χ1n) is 6.77. The Morgan fingerprint density at radius 3 is 2.35 bits per heavy atom. The number of hydrogen-bond donors (Lipinski definition) is 6. The summed E-state index contributed by atoms with van der Waals surface area (Å²) in [6.07, 6.45) is 0.238. The van der Waals surface area contributed by atoms with Gasteiger partial charge in [-0.2, -0.15) is 12.6 Å². The molecule has 126 valence electrons. The van der Waals surface area contributed by atoms with E-state index in [0.29, 0.717) is 0 Å². The van der Waals surface area contributed by atoms with Crippen molar-refractivity contribution < 1.29 is 24.6 Å². The van der Waals surface area contributed by atoms with Gasteiger partial charge in [0.05, 0.1) is 12.6 Å². The van der Waals surface area contributed by atoms with Crippen LogP contribution in [0.5, 0.6) is 5.75 Å². The quantitative estimate of drug-likeness (QED) is 0.331. The topological polar surface area (TPSA) is 142 Å². The highest BCUT2D eigenvalue weighted by molar-refractivity contribution is 7.80. The Morgan fingerprint density at radius 2 is 1.83 bits per heavy atom. The van der Waals surface area contributed by atoms with Crippen LogP contribution in [0.1, 0.15) is 5.56 Å². The van der Waals surface area contributed by atoms with Crippen molar-refractivity contribution in [3.63, 3.8) is 0 Å². The summed E-state index contributed by atoms with van der Waals surface area (Å²) in [7, 11) is 0. The Labute approximate surface area is 138 Å². The van der Waals surface area contributed by atoms with E-state index < -0.39 is 29.9 Å². The third-order valence-electron chi connectivity index (χ3n) is 2.97. The first-order valence-corrected chi connectivity index (χ1v) is 7.41. The fourth-order valence-electron chi connectivity index (χ4n) is 1.71. The van der Waals surface area contributed by atoms with Gasteiger partial charge >= 0.3 is 5.97 Å². The average molecular weight is 341 g/mol. The maximum absolute atomic E-state index is 11.8. The smallest absolute Gasteiger partial charge is 0.327 e. The molecule has 1 aromatic carbocycles. The van der Waals surface area contributed by atoms with E-state index in [1.54, 1.807) is 12.1 Å². The molecule has 0 fully saturated rings. The standard InChI is InChI=1S/C14H19N3O5S/c15-10(5-8-1-3-9(18)4-2-8)13(20)16-6-12(19)17-11(7-23)14(21)22/h1-4,10-11,18,23H,5-7,15H2,(H,16,20)(H,17,19)(H,21,22)/t10-,11-/m0/s1. The van der Waals surface area contributed by atoms with E-state index in [1.165, 1.54) is 12.1 Å². The van der Waals surface area contributed by atoms with E-state index in [-0.39, 0.29) is 24.5 Å². The van der Waals surface area contributed by atoms with Crippen LogP contribution in [0.2, 0.25) is 0 Å². The third-order valence-corrected chi connectivity index (χ3v) is 3.33. The van der Waals surface area contributed by atoms with Gasteiger partial charge in [-0.05, 0) is 24.1 Å². The molecule has 0 bridgehead atoms. The zero-order valence-electron chi connectivity index (χ0n) is 12.2. The Hall–Kier alpha value is -2.26. The molecule has 1 aromatic rings. The summed E-state index contributed by atoms with van der Waals surface area (Å²) in [4.78, 5) is 34.1. The molecular formula is C14H19N3O5S. The lowest BCUT2D eigenvalue weighted by Gasteiger charge is -2.14. The number of nitrogens with two attached hydrogens (primary N) is 1. The molecule has 0 radical (unpaired) electrons. The monoisotopic (exact) mass is 341 g/mol. The lowest BCUT2D eigenvalue weighted by atomic mass is 10.1. The number of thiol groups is 1. The fraction of sp³-hybridized carbons (Fsp3) is 0.357. The zero-order chi connectivity index (χ0) is 17.4. The van der Waals surface area contributed by atoms with E-state index >= 15 is 0 Å². The summed E-state index contributed by atoms with van der Waals surface area (Å²) in [6.45, 7) is -0.375. The van der Waals surface area contributed by atoms with Gasteiger partial charge in [0.1, 0.15) is 11.8 Å². The number of aromatic hydroxyl groups is 1. The van der Waals surface area contributed by atoms with E-state index in [4.69, 9.17) is 10.8 Å². The molecule has 2 amide bonds. The molecule has 0 aromatic heterocycles. The van der Waals surface area contributed by atoms with Crippen LogP contribution in [0.15, 0.2) is 24.3 Å². The minimum atomic E-state index is -1.20. The molecule has 1 rings (SSSR count). The highest BCUT2D eigenvalue weighted by atomic mass is 32.1. The molecule has 0 aliphatic rings. The Bertz CT molecular complexity index is 564. The van der Waals surface area contributed by atoms with Gasteiger partial charge in [-0.25, -0.2) is 4.79 Å². The zero-order valence-corrected chi connectivity index (χ0v) is 13.1. The van der Waals surface area contributed by atoms with Gasteiger partial charge in [-0.1, -0.05) is 12.1 Å². The Morgan fingerprint density at radius 1 is 1.22 bits per heavy atom. The number of phenolic OH excluding ortho intramolecular Hbond substituents is 1. The van der Waals surface area contributed by atoms with Gasteiger partial charge in [0.2, 0.25) is 11.8 Å². The second kappa shape index (κ2) is 9.01. The highest BCUT2D eigenvalue weighted by Crippen LogP contribution is 2.10. The molecule has 23 heavy (non-hydrogen) atoms. The number of carbonyl (C=O) groups excluding carboxylic acids is 2. The Kier molecular flexibility index (Phi) is 7.36. The van der Waals surface area contributed by atoms with Crippen LogP contribution >= 0.6 is 12.6 Å². The number of carbonyl (C=O) groups is 3. The van der Waals surface area contributed by atoms with Crippen molar-refractivity contribution in [2.24, 2.45) is 5.73 Å². The van der Waals surface area contributed by atoms with Crippen LogP contribution in [0.3, 0.4) is 0 Å². The van der Waals surface area contributed by atoms with Crippen molar-refractivity contribution in [3.05, 3.63) is 29.8 Å². The number of phenols is 1. The second-order valence-electron chi connectivity index (χ2n) is 4.84. The molecule has 9 heteroatoms. The normalized spacial score (nSPS) is 13.0. The van der Waals surface area contributed by atoms with Gasteiger partial charge in [-0.15, -0.1) is 0 Å². The number of aliphatic carboxylic acids is 1. The van der Waals surface area contributed by atoms with Crippen molar-refractivity contribution in [1.29, 1.82) is 0 Å². The highest BCUT2D eigenvalue weighted by Gasteiger charge is 2.19. The molecule has 0 saturated carbocycles. The first-order chi connectivity index (χ1) is 10.8. The summed E-state index contributed by atoms with van der Waals surface area (Å²) < 4.78 is 0. The van der Waals surface area contributed by atoms with E-state index in [9.17, 15) is 19.5 Å². The Balaban J connectivity index is 2.41. The maximum Gasteiger partial charge on any atom is 0.327 e. The number of rotatable bonds is 8. The minimum absolute atomic E-state index is 0.0601. The van der Waals surface area contributed by atoms with Crippen molar-refractivity contribution in [2.75, 3.05) is 12.3 Å². The van der Waals surface area contributed by atoms with Gasteiger partial charge in [0.25, 0.3) is 0 Å². The molecule has 0 aliphatic heterocycles. The predicted molar refractivity (Wildman–Crippen MR) is 86.2 cm³/mol. The summed E-state index contributed by atoms with van der Waals surface area (Å²) in [6, 6.07) is 4.26. The lowest BCUT2D eigenvalue weighted by molar-refractivity contribution is -0.141. The molecule has 2 atom stereocenters. The molecule has 8 nitrogen and oxygen atoms in total. The van der Waals surface area contributed by atoms with Crippen LogP contribution < -0.4 is 16.4 Å². The van der Waals surface area contributed by atoms with Crippen LogP contribution in [0.4, 0.5) is 0 Å². The second-order valence-corrected chi connectivity index (χ2v) is 5.20. The summed E-state index contributed by atoms with van der Waals surface area (Å²) in [5, 5.41) is 22.5. The maximum atomic E-state index is 11.8. The van der Waals surface area contributed by atoms with Crippen molar-refractivity contribution in [1.82, 2.24) is 10.6 Å². The van der Waals surface area contributed by atoms with Crippen molar-refractivity contribution >= 4 is 30.4 Å². The number of benzene rings is 1. The van der Waals surface area contributed by atoms with Crippen LogP contribution in [-0.4, -0.2) is 52.4 Å². The third kappa shape index (κ3) is 6.57. The number of nitrogens with one attached hydrogen (secondary N) is 2. The molecule has 0 heterocycles. The van der Waals surface area contributed by atoms with Crippen molar-refractivity contribution in [2.45, 2.75) is 18.5 Å². The SMILES string of the molecule is N[C@@H](Cc1ccc(O)cc1)C(=O)NCC(=O)N[C@@H](CS)C(=O)O. The molecule has 0 aliphatic carbocycles. The molecule has 6 N–H and O–H groups in total. The summed E-state index contributed by atoms with van der Waals surface area (Å²) >= 11 is 3.81. The molecule has 0 saturated heterocycles. The van der Waals surface area contributed by atoms with Gasteiger partial charge in [-0.3, -0.25) is 9.59 Å². The molecular weight excluding hydrogens is 322 g/mol. The molecule has 0 spiro atoms. The van der Waals surface area contributed by atoms with E-state index in [0.717, 1.165) is 5.56 Å². The molecule has 0 unspecified atom stereocenters. The van der Waals surface area contributed by atoms with Crippen molar-refractivity contribution in [3.8, 4) is 5.75 Å². The lowest BCUT2D eigenvalue weighted by Crippen LogP contribution is -2.49. The number of hydrogen-bond acceptors (Lipinski definition) is 6. The van der Waals surface area contributed by atoms with Gasteiger partial charge in [0, 0.05) is 5.75 Å². The van der Waals surface area contributed by atoms with Crippen LogP contribution in [0.25, 0.3) is 0 Å². The number of carboxylic acid groups (broad SMARTS) is 1. The average Bonchev–Trinajstić information content (AvgIpc) is 2.52. The summed E-state index contributed by atoms with van der Waals surface area (Å²) in [5.74, 6) is -2.33. The van der Waals surface area contributed by atoms with Gasteiger partial charge < -0.3 is 26.6 Å². The summed E-state index contributed by atoms with van der Waals surface area (Å²) in [5.41, 5.74) is 6.50. The largest absolute Gasteiger partial charge is 0.508 e.